The van der Waals surface area contributed by atoms with Gasteiger partial charge in [0.25, 0.3) is 5.91 Å². The number of methoxy groups -OCH3 is 1. The number of rotatable bonds is 7. The molecule has 1 atom stereocenters. The summed E-state index contributed by atoms with van der Waals surface area (Å²) in [5.74, 6) is -0.204. The fourth-order valence-corrected chi connectivity index (χ4v) is 2.45. The summed E-state index contributed by atoms with van der Waals surface area (Å²) in [5, 5.41) is 5.32. The van der Waals surface area contributed by atoms with E-state index in [-0.39, 0.29) is 17.7 Å². The number of amides is 3. The van der Waals surface area contributed by atoms with E-state index in [0.717, 1.165) is 11.3 Å². The van der Waals surface area contributed by atoms with Gasteiger partial charge in [0.1, 0.15) is 11.8 Å². The minimum absolute atomic E-state index is 0.161. The van der Waals surface area contributed by atoms with Crippen LogP contribution in [0.3, 0.4) is 0 Å². The molecule has 2 N–H and O–H groups in total. The molecule has 0 heterocycles. The van der Waals surface area contributed by atoms with E-state index in [1.807, 2.05) is 12.1 Å². The van der Waals surface area contributed by atoms with Gasteiger partial charge in [0, 0.05) is 31.4 Å². The topological polar surface area (TPSA) is 87.7 Å². The van der Waals surface area contributed by atoms with Crippen molar-refractivity contribution in [1.29, 1.82) is 0 Å². The number of carbonyl (C=O) groups excluding carboxylic acids is 3. The molecular weight excluding hydrogens is 370 g/mol. The Morgan fingerprint density at radius 1 is 1.07 bits per heavy atom. The molecule has 2 aromatic carbocycles. The predicted octanol–water partition coefficient (Wildman–Crippen LogP) is 2.55. The largest absolute Gasteiger partial charge is 0.497 e. The summed E-state index contributed by atoms with van der Waals surface area (Å²) in [6, 6.07) is 13.1. The maximum Gasteiger partial charge on any atom is 0.253 e. The normalized spacial score (nSPS) is 11.6. The van der Waals surface area contributed by atoms with Gasteiger partial charge in [-0.3, -0.25) is 14.4 Å². The second kappa shape index (κ2) is 10.1. The smallest absolute Gasteiger partial charge is 0.253 e. The van der Waals surface area contributed by atoms with Crippen LogP contribution in [0.5, 0.6) is 5.75 Å². The van der Waals surface area contributed by atoms with Gasteiger partial charge in [0.05, 0.1) is 7.11 Å². The van der Waals surface area contributed by atoms with Crippen molar-refractivity contribution in [3.8, 4) is 5.75 Å². The van der Waals surface area contributed by atoms with E-state index in [1.54, 1.807) is 70.6 Å². The lowest BCUT2D eigenvalue weighted by atomic mass is 10.1. The van der Waals surface area contributed by atoms with Crippen LogP contribution in [-0.2, 0) is 9.59 Å². The minimum Gasteiger partial charge on any atom is -0.497 e. The first-order valence-corrected chi connectivity index (χ1v) is 9.05. The Kier molecular flexibility index (Phi) is 7.54. The summed E-state index contributed by atoms with van der Waals surface area (Å²) in [4.78, 5) is 37.9. The van der Waals surface area contributed by atoms with Crippen LogP contribution in [0.2, 0.25) is 0 Å². The zero-order valence-corrected chi connectivity index (χ0v) is 16.9. The molecule has 0 bridgehead atoms. The molecule has 1 unspecified atom stereocenters. The molecule has 0 saturated heterocycles. The number of ether oxygens (including phenoxy) is 1. The van der Waals surface area contributed by atoms with Crippen LogP contribution in [0.4, 0.5) is 5.69 Å². The Balaban J connectivity index is 1.92. The Morgan fingerprint density at radius 3 is 2.38 bits per heavy atom. The first-order chi connectivity index (χ1) is 13.8. The van der Waals surface area contributed by atoms with Crippen LogP contribution in [-0.4, -0.2) is 49.9 Å². The molecule has 2 aromatic rings. The van der Waals surface area contributed by atoms with Crippen LogP contribution < -0.4 is 15.4 Å². The van der Waals surface area contributed by atoms with Crippen LogP contribution >= 0.6 is 0 Å². The van der Waals surface area contributed by atoms with Crippen molar-refractivity contribution in [3.05, 3.63) is 65.7 Å². The quantitative estimate of drug-likeness (QED) is 0.706. The highest BCUT2D eigenvalue weighted by atomic mass is 16.5. The summed E-state index contributed by atoms with van der Waals surface area (Å²) in [5.41, 5.74) is 1.78. The van der Waals surface area contributed by atoms with E-state index < -0.39 is 6.04 Å². The molecule has 2 rings (SSSR count). The summed E-state index contributed by atoms with van der Waals surface area (Å²) < 4.78 is 5.09. The second-order valence-electron chi connectivity index (χ2n) is 6.61. The third-order valence-electron chi connectivity index (χ3n) is 4.08. The predicted molar refractivity (Wildman–Crippen MR) is 113 cm³/mol. The molecule has 0 aromatic heterocycles. The molecule has 0 aliphatic rings. The molecule has 0 fully saturated rings. The molecular formula is C22H25N3O4. The first kappa shape index (κ1) is 21.7. The van der Waals surface area contributed by atoms with E-state index in [4.69, 9.17) is 4.74 Å². The molecule has 7 nitrogen and oxygen atoms in total. The van der Waals surface area contributed by atoms with Gasteiger partial charge in [-0.15, -0.1) is 0 Å². The number of carbonyl (C=O) groups is 3. The summed E-state index contributed by atoms with van der Waals surface area (Å²) in [6.45, 7) is 1.59. The van der Waals surface area contributed by atoms with Crippen LogP contribution in [0.1, 0.15) is 22.8 Å². The van der Waals surface area contributed by atoms with Gasteiger partial charge in [-0.05, 0) is 48.9 Å². The van der Waals surface area contributed by atoms with Gasteiger partial charge in [-0.2, -0.15) is 0 Å². The van der Waals surface area contributed by atoms with Gasteiger partial charge < -0.3 is 20.3 Å². The maximum absolute atomic E-state index is 12.3. The maximum atomic E-state index is 12.3. The Labute approximate surface area is 170 Å². The lowest BCUT2D eigenvalue weighted by Gasteiger charge is -2.14. The highest BCUT2D eigenvalue weighted by molar-refractivity contribution is 6.01. The zero-order chi connectivity index (χ0) is 21.4. The fourth-order valence-electron chi connectivity index (χ4n) is 2.45. The first-order valence-electron chi connectivity index (χ1n) is 9.05. The zero-order valence-electron chi connectivity index (χ0n) is 16.9. The van der Waals surface area contributed by atoms with E-state index in [2.05, 4.69) is 10.6 Å². The molecule has 0 saturated carbocycles. The van der Waals surface area contributed by atoms with E-state index >= 15 is 0 Å². The summed E-state index contributed by atoms with van der Waals surface area (Å²) >= 11 is 0. The van der Waals surface area contributed by atoms with Crippen LogP contribution in [0.25, 0.3) is 6.08 Å². The molecule has 29 heavy (non-hydrogen) atoms. The third-order valence-corrected chi connectivity index (χ3v) is 4.08. The molecule has 3 amide bonds. The van der Waals surface area contributed by atoms with Crippen molar-refractivity contribution in [1.82, 2.24) is 10.2 Å². The number of nitrogens with zero attached hydrogens (tertiary/aromatic N) is 1. The highest BCUT2D eigenvalue weighted by Crippen LogP contribution is 2.13. The molecule has 0 spiro atoms. The molecule has 0 aliphatic carbocycles. The van der Waals surface area contributed by atoms with E-state index in [1.165, 1.54) is 11.0 Å². The van der Waals surface area contributed by atoms with Crippen molar-refractivity contribution in [2.45, 2.75) is 13.0 Å². The lowest BCUT2D eigenvalue weighted by Crippen LogP contribution is -2.40. The SMILES string of the molecule is COc1ccc(/C=C/C(=O)NC(C)C(=O)Nc2cccc(C(=O)N(C)C)c2)cc1. The van der Waals surface area contributed by atoms with Crippen molar-refractivity contribution >= 4 is 29.5 Å². The Morgan fingerprint density at radius 2 is 1.76 bits per heavy atom. The second-order valence-corrected chi connectivity index (χ2v) is 6.61. The molecule has 7 heteroatoms. The number of hydrogen-bond acceptors (Lipinski definition) is 4. The Hall–Kier alpha value is -3.61. The molecule has 0 radical (unpaired) electrons. The van der Waals surface area contributed by atoms with Gasteiger partial charge >= 0.3 is 0 Å². The average molecular weight is 395 g/mol. The minimum atomic E-state index is -0.753. The van der Waals surface area contributed by atoms with Crippen LogP contribution in [0, 0.1) is 0 Å². The van der Waals surface area contributed by atoms with Crippen molar-refractivity contribution < 1.29 is 19.1 Å². The number of anilines is 1. The average Bonchev–Trinajstić information content (AvgIpc) is 2.72. The molecule has 0 aliphatic heterocycles. The van der Waals surface area contributed by atoms with Crippen LogP contribution in [0.15, 0.2) is 54.6 Å². The van der Waals surface area contributed by atoms with Crippen molar-refractivity contribution in [3.63, 3.8) is 0 Å². The number of benzene rings is 2. The van der Waals surface area contributed by atoms with E-state index in [0.29, 0.717) is 11.3 Å². The van der Waals surface area contributed by atoms with Gasteiger partial charge in [-0.25, -0.2) is 0 Å². The fraction of sp³-hybridized carbons (Fsp3) is 0.227. The summed E-state index contributed by atoms with van der Waals surface area (Å²) in [6.07, 6.45) is 3.01. The van der Waals surface area contributed by atoms with E-state index in [9.17, 15) is 14.4 Å². The monoisotopic (exact) mass is 395 g/mol. The third kappa shape index (κ3) is 6.49. The number of hydrogen-bond donors (Lipinski definition) is 2. The van der Waals surface area contributed by atoms with Crippen molar-refractivity contribution in [2.24, 2.45) is 0 Å². The molecule has 152 valence electrons. The number of nitrogens with one attached hydrogen (secondary N) is 2. The highest BCUT2D eigenvalue weighted by Gasteiger charge is 2.15. The van der Waals surface area contributed by atoms with Gasteiger partial charge in [0.15, 0.2) is 0 Å². The Bertz CT molecular complexity index is 905. The standard InChI is InChI=1S/C22H25N3O4/c1-15(23-20(26)13-10-16-8-11-19(29-4)12-9-16)21(27)24-18-7-5-6-17(14-18)22(28)25(2)3/h5-15H,1-4H3,(H,23,26)(H,24,27)/b13-10+. The summed E-state index contributed by atoms with van der Waals surface area (Å²) in [7, 11) is 4.90. The van der Waals surface area contributed by atoms with Gasteiger partial charge in [0.2, 0.25) is 11.8 Å². The van der Waals surface area contributed by atoms with Gasteiger partial charge in [-0.1, -0.05) is 18.2 Å². The lowest BCUT2D eigenvalue weighted by molar-refractivity contribution is -0.123. The van der Waals surface area contributed by atoms with Crippen molar-refractivity contribution in [2.75, 3.05) is 26.5 Å².